The van der Waals surface area contributed by atoms with E-state index >= 15 is 0 Å². The van der Waals surface area contributed by atoms with Crippen LogP contribution in [0.5, 0.6) is 0 Å². The largest absolute Gasteiger partial charge is 0.350 e. The number of likely N-dealkylation sites (N-methyl/N-ethyl adjacent to an activating group) is 1. The first-order valence-corrected chi connectivity index (χ1v) is 7.08. The van der Waals surface area contributed by atoms with Gasteiger partial charge in [0.2, 0.25) is 11.6 Å². The maximum absolute atomic E-state index is 13.7. The summed E-state index contributed by atoms with van der Waals surface area (Å²) in [6.45, 7) is 7.29. The van der Waals surface area contributed by atoms with E-state index in [1.807, 2.05) is 25.7 Å². The van der Waals surface area contributed by atoms with Crippen molar-refractivity contribution >= 4 is 11.6 Å². The van der Waals surface area contributed by atoms with Gasteiger partial charge in [-0.25, -0.2) is 8.78 Å². The van der Waals surface area contributed by atoms with Gasteiger partial charge in [-0.05, 0) is 20.0 Å². The highest BCUT2D eigenvalue weighted by Gasteiger charge is 2.28. The minimum absolute atomic E-state index is 0.0720. The molecular weight excluding hydrogens is 315 g/mol. The number of amides is 1. The van der Waals surface area contributed by atoms with E-state index < -0.39 is 39.5 Å². The Balaban J connectivity index is 2.98. The van der Waals surface area contributed by atoms with Crippen molar-refractivity contribution in [3.63, 3.8) is 0 Å². The molecular formula is C14H18F3N3O3. The summed E-state index contributed by atoms with van der Waals surface area (Å²) in [6.07, 6.45) is 0. The van der Waals surface area contributed by atoms with Crippen LogP contribution in [0.25, 0.3) is 0 Å². The monoisotopic (exact) mass is 333 g/mol. The highest BCUT2D eigenvalue weighted by atomic mass is 19.2. The number of halogens is 3. The summed E-state index contributed by atoms with van der Waals surface area (Å²) in [7, 11) is 0. The fraction of sp³-hybridized carbons (Fsp3) is 0.500. The highest BCUT2D eigenvalue weighted by Crippen LogP contribution is 2.25. The zero-order valence-corrected chi connectivity index (χ0v) is 13.0. The molecule has 1 unspecified atom stereocenters. The summed E-state index contributed by atoms with van der Waals surface area (Å²) >= 11 is 0. The first kappa shape index (κ1) is 18.9. The predicted molar refractivity (Wildman–Crippen MR) is 77.7 cm³/mol. The average Bonchev–Trinajstić information content (AvgIpc) is 2.51. The van der Waals surface area contributed by atoms with Gasteiger partial charge in [-0.15, -0.1) is 0 Å². The van der Waals surface area contributed by atoms with Crippen molar-refractivity contribution in [1.29, 1.82) is 0 Å². The lowest BCUT2D eigenvalue weighted by Gasteiger charge is -2.26. The van der Waals surface area contributed by atoms with Crippen molar-refractivity contribution in [3.8, 4) is 0 Å². The third-order valence-electron chi connectivity index (χ3n) is 3.56. The van der Waals surface area contributed by atoms with Crippen LogP contribution in [0.1, 0.15) is 31.1 Å². The van der Waals surface area contributed by atoms with Crippen LogP contribution in [-0.2, 0) is 0 Å². The van der Waals surface area contributed by atoms with Crippen LogP contribution in [0.4, 0.5) is 18.9 Å². The molecule has 1 aromatic carbocycles. The molecule has 128 valence electrons. The molecule has 0 bridgehead atoms. The Morgan fingerprint density at radius 2 is 1.83 bits per heavy atom. The van der Waals surface area contributed by atoms with Crippen molar-refractivity contribution in [2.75, 3.05) is 19.6 Å². The van der Waals surface area contributed by atoms with Crippen LogP contribution >= 0.6 is 0 Å². The second-order valence-electron chi connectivity index (χ2n) is 4.92. The molecule has 0 radical (unpaired) electrons. The number of nitro groups is 1. The molecule has 0 aromatic heterocycles. The topological polar surface area (TPSA) is 75.5 Å². The third kappa shape index (κ3) is 4.19. The van der Waals surface area contributed by atoms with Gasteiger partial charge in [0.05, 0.1) is 10.5 Å². The molecule has 1 amide bonds. The van der Waals surface area contributed by atoms with Gasteiger partial charge < -0.3 is 5.32 Å². The fourth-order valence-electron chi connectivity index (χ4n) is 2.20. The molecule has 9 heteroatoms. The van der Waals surface area contributed by atoms with E-state index in [0.717, 1.165) is 13.1 Å². The lowest BCUT2D eigenvalue weighted by atomic mass is 10.1. The third-order valence-corrected chi connectivity index (χ3v) is 3.56. The molecule has 0 heterocycles. The summed E-state index contributed by atoms with van der Waals surface area (Å²) in [5.74, 6) is -6.76. The first-order chi connectivity index (χ1) is 10.7. The van der Waals surface area contributed by atoms with E-state index in [0.29, 0.717) is 6.07 Å². The molecule has 0 aliphatic carbocycles. The van der Waals surface area contributed by atoms with Crippen molar-refractivity contribution in [1.82, 2.24) is 10.2 Å². The Morgan fingerprint density at radius 3 is 2.30 bits per heavy atom. The summed E-state index contributed by atoms with van der Waals surface area (Å²) in [5.41, 5.74) is -2.19. The second-order valence-corrected chi connectivity index (χ2v) is 4.92. The maximum Gasteiger partial charge on any atom is 0.308 e. The Bertz CT molecular complexity index is 607. The molecule has 1 aromatic rings. The number of hydrogen-bond acceptors (Lipinski definition) is 4. The maximum atomic E-state index is 13.7. The molecule has 1 N–H and O–H groups in total. The van der Waals surface area contributed by atoms with Gasteiger partial charge in [-0.2, -0.15) is 4.39 Å². The van der Waals surface area contributed by atoms with Crippen molar-refractivity contribution in [2.45, 2.75) is 26.8 Å². The van der Waals surface area contributed by atoms with Crippen LogP contribution < -0.4 is 5.32 Å². The van der Waals surface area contributed by atoms with Gasteiger partial charge in [0, 0.05) is 18.7 Å². The van der Waals surface area contributed by atoms with Gasteiger partial charge in [0.15, 0.2) is 5.82 Å². The number of rotatable bonds is 7. The number of nitro benzene ring substituents is 1. The van der Waals surface area contributed by atoms with Crippen LogP contribution in [0.15, 0.2) is 6.07 Å². The lowest BCUT2D eigenvalue weighted by Crippen LogP contribution is -2.42. The molecule has 0 fully saturated rings. The van der Waals surface area contributed by atoms with E-state index in [-0.39, 0.29) is 12.6 Å². The molecule has 6 nitrogen and oxygen atoms in total. The fourth-order valence-corrected chi connectivity index (χ4v) is 2.20. The second kappa shape index (κ2) is 7.91. The Morgan fingerprint density at radius 1 is 1.26 bits per heavy atom. The van der Waals surface area contributed by atoms with Crippen molar-refractivity contribution in [2.24, 2.45) is 0 Å². The number of nitrogens with zero attached hydrogens (tertiary/aromatic N) is 2. The van der Waals surface area contributed by atoms with Crippen LogP contribution in [0, 0.1) is 27.6 Å². The molecule has 1 rings (SSSR count). The SMILES string of the molecule is CCN(CC)C(C)CNC(=O)c1cc([N+](=O)[O-])c(F)c(F)c1F. The molecule has 0 saturated carbocycles. The van der Waals surface area contributed by atoms with E-state index in [1.54, 1.807) is 0 Å². The van der Waals surface area contributed by atoms with E-state index in [9.17, 15) is 28.1 Å². The predicted octanol–water partition coefficient (Wildman–Crippen LogP) is 2.47. The summed E-state index contributed by atoms with van der Waals surface area (Å²) in [5, 5.41) is 13.0. The van der Waals surface area contributed by atoms with E-state index in [2.05, 4.69) is 5.32 Å². The van der Waals surface area contributed by atoms with Crippen LogP contribution in [0.3, 0.4) is 0 Å². The molecule has 1 atom stereocenters. The first-order valence-electron chi connectivity index (χ1n) is 7.08. The Hall–Kier alpha value is -2.16. The normalized spacial score (nSPS) is 12.3. The van der Waals surface area contributed by atoms with Crippen molar-refractivity contribution < 1.29 is 22.9 Å². The zero-order valence-electron chi connectivity index (χ0n) is 13.0. The number of carbonyl (C=O) groups is 1. The molecule has 0 aliphatic heterocycles. The summed E-state index contributed by atoms with van der Waals surface area (Å²) in [4.78, 5) is 23.4. The number of carbonyl (C=O) groups excluding carboxylic acids is 1. The zero-order chi connectivity index (χ0) is 17.7. The highest BCUT2D eigenvalue weighted by molar-refractivity contribution is 5.95. The Kier molecular flexibility index (Phi) is 6.49. The van der Waals surface area contributed by atoms with Gasteiger partial charge in [-0.3, -0.25) is 19.8 Å². The van der Waals surface area contributed by atoms with Crippen molar-refractivity contribution in [3.05, 3.63) is 39.2 Å². The Labute approximate surface area is 131 Å². The average molecular weight is 333 g/mol. The molecule has 23 heavy (non-hydrogen) atoms. The standard InChI is InChI=1S/C14H18F3N3O3/c1-4-19(5-2)8(3)7-18-14(21)9-6-10(20(22)23)12(16)13(17)11(9)15/h6,8H,4-5,7H2,1-3H3,(H,18,21). The van der Waals surface area contributed by atoms with Gasteiger partial charge >= 0.3 is 5.69 Å². The number of benzene rings is 1. The van der Waals surface area contributed by atoms with Gasteiger partial charge in [0.1, 0.15) is 0 Å². The van der Waals surface area contributed by atoms with E-state index in [1.165, 1.54) is 0 Å². The van der Waals surface area contributed by atoms with Gasteiger partial charge in [0.25, 0.3) is 5.91 Å². The lowest BCUT2D eigenvalue weighted by molar-refractivity contribution is -0.387. The molecule has 0 saturated heterocycles. The minimum Gasteiger partial charge on any atom is -0.350 e. The van der Waals surface area contributed by atoms with Crippen LogP contribution in [-0.4, -0.2) is 41.4 Å². The smallest absolute Gasteiger partial charge is 0.308 e. The minimum atomic E-state index is -2.04. The summed E-state index contributed by atoms with van der Waals surface area (Å²) < 4.78 is 40.3. The molecule has 0 spiro atoms. The van der Waals surface area contributed by atoms with Crippen LogP contribution in [0.2, 0.25) is 0 Å². The van der Waals surface area contributed by atoms with E-state index in [4.69, 9.17) is 0 Å². The quantitative estimate of drug-likeness (QED) is 0.472. The number of hydrogen-bond donors (Lipinski definition) is 1. The van der Waals surface area contributed by atoms with Gasteiger partial charge in [-0.1, -0.05) is 13.8 Å². The summed E-state index contributed by atoms with van der Waals surface area (Å²) in [6, 6.07) is 0.322. The molecule has 0 aliphatic rings. The number of nitrogens with one attached hydrogen (secondary N) is 1.